The predicted molar refractivity (Wildman–Crippen MR) is 77.4 cm³/mol. The van der Waals surface area contributed by atoms with Gasteiger partial charge in [-0.2, -0.15) is 5.10 Å². The summed E-state index contributed by atoms with van der Waals surface area (Å²) in [6.45, 7) is 8.61. The van der Waals surface area contributed by atoms with Crippen molar-refractivity contribution in [3.63, 3.8) is 0 Å². The summed E-state index contributed by atoms with van der Waals surface area (Å²) in [6, 6.07) is 0. The second-order valence-electron chi connectivity index (χ2n) is 5.37. The van der Waals surface area contributed by atoms with E-state index in [1.165, 1.54) is 0 Å². The predicted octanol–water partition coefficient (Wildman–Crippen LogP) is 3.76. The van der Waals surface area contributed by atoms with Crippen LogP contribution in [-0.4, -0.2) is 20.7 Å². The molecular weight excluding hydrogens is 292 g/mol. The molecule has 0 N–H and O–H groups in total. The summed E-state index contributed by atoms with van der Waals surface area (Å²) in [5.41, 5.74) is 2.40. The third-order valence-corrected chi connectivity index (χ3v) is 5.99. The number of hydrogen-bond acceptors (Lipinski definition) is 2. The summed E-state index contributed by atoms with van der Waals surface area (Å²) in [7, 11) is 1.97. The molecule has 1 saturated carbocycles. The third kappa shape index (κ3) is 1.89. The topological polar surface area (TPSA) is 27.1 Å². The third-order valence-electron chi connectivity index (χ3n) is 4.71. The van der Waals surface area contributed by atoms with Gasteiger partial charge in [0.2, 0.25) is 0 Å². The summed E-state index contributed by atoms with van der Waals surface area (Å²) in [5, 5.41) is 4.42. The molecule has 0 aromatic carbocycles. The molecule has 0 saturated heterocycles. The van der Waals surface area contributed by atoms with Crippen molar-refractivity contribution in [3.8, 4) is 5.75 Å². The Morgan fingerprint density at radius 2 is 2.00 bits per heavy atom. The summed E-state index contributed by atoms with van der Waals surface area (Å²) in [4.78, 5) is 0.585. The lowest BCUT2D eigenvalue weighted by molar-refractivity contribution is -0.0418. The smallest absolute Gasteiger partial charge is 0.163 e. The van der Waals surface area contributed by atoms with E-state index in [2.05, 4.69) is 41.8 Å². The lowest BCUT2D eigenvalue weighted by Crippen LogP contribution is -2.56. The molecule has 3 nitrogen and oxygen atoms in total. The van der Waals surface area contributed by atoms with Gasteiger partial charge < -0.3 is 4.74 Å². The van der Waals surface area contributed by atoms with Gasteiger partial charge in [0.05, 0.1) is 5.69 Å². The second kappa shape index (κ2) is 4.87. The van der Waals surface area contributed by atoms with E-state index in [1.807, 2.05) is 18.7 Å². The maximum Gasteiger partial charge on any atom is 0.163 e. The molecule has 1 aliphatic rings. The highest BCUT2D eigenvalue weighted by molar-refractivity contribution is 9.09. The first-order valence-corrected chi connectivity index (χ1v) is 7.68. The first kappa shape index (κ1) is 13.9. The van der Waals surface area contributed by atoms with Gasteiger partial charge in [0.1, 0.15) is 11.8 Å². The van der Waals surface area contributed by atoms with Crippen LogP contribution in [0.15, 0.2) is 0 Å². The van der Waals surface area contributed by atoms with Crippen molar-refractivity contribution in [2.24, 2.45) is 12.5 Å². The monoisotopic (exact) mass is 314 g/mol. The Labute approximate surface area is 118 Å². The number of aromatic nitrogens is 2. The number of hydrogen-bond donors (Lipinski definition) is 0. The zero-order valence-electron chi connectivity index (χ0n) is 12.0. The Kier molecular flexibility index (Phi) is 3.77. The molecule has 1 aromatic heterocycles. The van der Waals surface area contributed by atoms with Gasteiger partial charge >= 0.3 is 0 Å². The number of aryl methyl sites for hydroxylation is 2. The molecule has 4 heteroatoms. The van der Waals surface area contributed by atoms with E-state index in [0.717, 1.165) is 36.4 Å². The fourth-order valence-corrected chi connectivity index (χ4v) is 4.36. The Bertz CT molecular complexity index is 437. The molecule has 0 radical (unpaired) electrons. The lowest BCUT2D eigenvalue weighted by atomic mass is 9.62. The SMILES string of the molecule is CCC1(CC)C(Br)CC1Oc1c(C)nn(C)c1C. The summed E-state index contributed by atoms with van der Waals surface area (Å²) >= 11 is 3.80. The first-order chi connectivity index (χ1) is 8.46. The molecule has 1 aliphatic carbocycles. The highest BCUT2D eigenvalue weighted by Gasteiger charge is 2.53. The minimum Gasteiger partial charge on any atom is -0.486 e. The van der Waals surface area contributed by atoms with Crippen molar-refractivity contribution in [1.29, 1.82) is 0 Å². The van der Waals surface area contributed by atoms with Crippen LogP contribution < -0.4 is 4.74 Å². The van der Waals surface area contributed by atoms with Gasteiger partial charge in [-0.1, -0.05) is 29.8 Å². The van der Waals surface area contributed by atoms with Crippen molar-refractivity contribution in [2.75, 3.05) is 0 Å². The summed E-state index contributed by atoms with van der Waals surface area (Å²) < 4.78 is 8.18. The molecule has 1 heterocycles. The van der Waals surface area contributed by atoms with Crippen LogP contribution >= 0.6 is 15.9 Å². The van der Waals surface area contributed by atoms with Crippen LogP contribution in [0.25, 0.3) is 0 Å². The average Bonchev–Trinajstić information content (AvgIpc) is 2.56. The lowest BCUT2D eigenvalue weighted by Gasteiger charge is -2.52. The summed E-state index contributed by atoms with van der Waals surface area (Å²) in [5.74, 6) is 0.980. The minimum atomic E-state index is 0.286. The molecule has 0 amide bonds. The van der Waals surface area contributed by atoms with E-state index in [1.54, 1.807) is 0 Å². The van der Waals surface area contributed by atoms with Crippen molar-refractivity contribution < 1.29 is 4.74 Å². The molecule has 18 heavy (non-hydrogen) atoms. The van der Waals surface area contributed by atoms with E-state index in [0.29, 0.717) is 10.9 Å². The fraction of sp³-hybridized carbons (Fsp3) is 0.786. The molecular formula is C14H23BrN2O. The van der Waals surface area contributed by atoms with Gasteiger partial charge in [-0.25, -0.2) is 0 Å². The van der Waals surface area contributed by atoms with Crippen LogP contribution in [0.3, 0.4) is 0 Å². The van der Waals surface area contributed by atoms with E-state index >= 15 is 0 Å². The first-order valence-electron chi connectivity index (χ1n) is 6.77. The van der Waals surface area contributed by atoms with E-state index in [-0.39, 0.29) is 5.41 Å². The highest BCUT2D eigenvalue weighted by Crippen LogP contribution is 2.53. The normalized spacial score (nSPS) is 25.9. The largest absolute Gasteiger partial charge is 0.486 e. The quantitative estimate of drug-likeness (QED) is 0.791. The van der Waals surface area contributed by atoms with Crippen molar-refractivity contribution in [3.05, 3.63) is 11.4 Å². The van der Waals surface area contributed by atoms with Crippen LogP contribution in [0.4, 0.5) is 0 Å². The minimum absolute atomic E-state index is 0.286. The van der Waals surface area contributed by atoms with Gasteiger partial charge in [0.15, 0.2) is 5.75 Å². The number of ether oxygens (including phenoxy) is 1. The highest BCUT2D eigenvalue weighted by atomic mass is 79.9. The van der Waals surface area contributed by atoms with Crippen molar-refractivity contribution in [2.45, 2.75) is 57.9 Å². The molecule has 2 unspecified atom stereocenters. The Morgan fingerprint density at radius 3 is 2.39 bits per heavy atom. The number of nitrogens with zero attached hydrogens (tertiary/aromatic N) is 2. The molecule has 1 fully saturated rings. The van der Waals surface area contributed by atoms with Crippen LogP contribution in [0.2, 0.25) is 0 Å². The number of alkyl halides is 1. The maximum absolute atomic E-state index is 6.29. The standard InChI is InChI=1S/C14H23BrN2O/c1-6-14(7-2)11(15)8-12(14)18-13-9(3)16-17(5)10(13)4/h11-12H,6-8H2,1-5H3. The van der Waals surface area contributed by atoms with Crippen LogP contribution in [-0.2, 0) is 7.05 Å². The Balaban J connectivity index is 2.20. The van der Waals surface area contributed by atoms with E-state index < -0.39 is 0 Å². The average molecular weight is 315 g/mol. The van der Waals surface area contributed by atoms with Gasteiger partial charge in [-0.15, -0.1) is 0 Å². The zero-order chi connectivity index (χ0) is 13.5. The van der Waals surface area contributed by atoms with Crippen molar-refractivity contribution in [1.82, 2.24) is 9.78 Å². The molecule has 102 valence electrons. The number of rotatable bonds is 4. The molecule has 0 bridgehead atoms. The second-order valence-corrected chi connectivity index (χ2v) is 6.48. The van der Waals surface area contributed by atoms with Crippen LogP contribution in [0, 0.1) is 19.3 Å². The Hall–Kier alpha value is -0.510. The van der Waals surface area contributed by atoms with E-state index in [4.69, 9.17) is 4.74 Å². The van der Waals surface area contributed by atoms with Gasteiger partial charge in [0, 0.05) is 17.3 Å². The maximum atomic E-state index is 6.29. The fourth-order valence-electron chi connectivity index (χ4n) is 3.08. The van der Waals surface area contributed by atoms with Gasteiger partial charge in [-0.05, 0) is 33.1 Å². The summed E-state index contributed by atoms with van der Waals surface area (Å²) in [6.07, 6.45) is 3.72. The molecule has 0 aliphatic heterocycles. The van der Waals surface area contributed by atoms with Gasteiger partial charge in [0.25, 0.3) is 0 Å². The Morgan fingerprint density at radius 1 is 1.39 bits per heavy atom. The van der Waals surface area contributed by atoms with Crippen molar-refractivity contribution >= 4 is 15.9 Å². The molecule has 2 atom stereocenters. The van der Waals surface area contributed by atoms with Crippen LogP contribution in [0.5, 0.6) is 5.75 Å². The van der Waals surface area contributed by atoms with Crippen LogP contribution in [0.1, 0.15) is 44.5 Å². The van der Waals surface area contributed by atoms with Gasteiger partial charge in [-0.3, -0.25) is 4.68 Å². The number of halogens is 1. The zero-order valence-corrected chi connectivity index (χ0v) is 13.5. The molecule has 2 rings (SSSR count). The van der Waals surface area contributed by atoms with E-state index in [9.17, 15) is 0 Å². The molecule has 0 spiro atoms. The molecule has 1 aromatic rings.